The second-order valence-corrected chi connectivity index (χ2v) is 7.83. The maximum atomic E-state index is 10.6. The lowest BCUT2D eigenvalue weighted by Gasteiger charge is -2.39. The summed E-state index contributed by atoms with van der Waals surface area (Å²) in [4.78, 5) is 20.4. The highest BCUT2D eigenvalue weighted by atomic mass is 19.4. The number of halogens is 6. The zero-order valence-electron chi connectivity index (χ0n) is 18.2. The van der Waals surface area contributed by atoms with Crippen LogP contribution in [0.25, 0.3) is 0 Å². The summed E-state index contributed by atoms with van der Waals surface area (Å²) >= 11 is 0. The van der Waals surface area contributed by atoms with Gasteiger partial charge in [0, 0.05) is 49.6 Å². The van der Waals surface area contributed by atoms with Crippen LogP contribution in [0.3, 0.4) is 0 Å². The van der Waals surface area contributed by atoms with Gasteiger partial charge in [-0.25, -0.2) is 9.59 Å². The molecule has 0 radical (unpaired) electrons. The highest BCUT2D eigenvalue weighted by Crippen LogP contribution is 2.36. The Morgan fingerprint density at radius 3 is 2.06 bits per heavy atom. The molecule has 2 fully saturated rings. The number of morpholine rings is 1. The Balaban J connectivity index is 0.000000257. The maximum Gasteiger partial charge on any atom is 0.490 e. The molecule has 3 heterocycles. The fourth-order valence-corrected chi connectivity index (χ4v) is 3.91. The van der Waals surface area contributed by atoms with Crippen molar-refractivity contribution >= 4 is 11.9 Å². The molecule has 2 aromatic heterocycles. The van der Waals surface area contributed by atoms with Crippen molar-refractivity contribution in [1.29, 1.82) is 0 Å². The minimum Gasteiger partial charge on any atom is -0.475 e. The van der Waals surface area contributed by atoms with E-state index in [1.54, 1.807) is 6.26 Å². The van der Waals surface area contributed by atoms with Gasteiger partial charge < -0.3 is 23.9 Å². The molecule has 3 atom stereocenters. The number of hydrogen-bond donors (Lipinski definition) is 2. The van der Waals surface area contributed by atoms with Gasteiger partial charge in [0.1, 0.15) is 0 Å². The van der Waals surface area contributed by atoms with E-state index in [0.29, 0.717) is 18.1 Å². The smallest absolute Gasteiger partial charge is 0.475 e. The van der Waals surface area contributed by atoms with Crippen LogP contribution in [0.2, 0.25) is 0 Å². The Labute approximate surface area is 195 Å². The van der Waals surface area contributed by atoms with Crippen LogP contribution in [0.1, 0.15) is 18.4 Å². The van der Waals surface area contributed by atoms with Crippen LogP contribution < -0.4 is 0 Å². The lowest BCUT2D eigenvalue weighted by atomic mass is 10.0. The zero-order chi connectivity index (χ0) is 26.2. The number of aliphatic carboxylic acids is 2. The summed E-state index contributed by atoms with van der Waals surface area (Å²) in [6.07, 6.45) is 0.642. The summed E-state index contributed by atoms with van der Waals surface area (Å²) in [5.41, 5.74) is 1.27. The Hall–Kier alpha value is -3.00. The van der Waals surface area contributed by atoms with Gasteiger partial charge in [0.05, 0.1) is 25.2 Å². The van der Waals surface area contributed by atoms with Gasteiger partial charge in [-0.05, 0) is 31.0 Å². The molecule has 14 heteroatoms. The van der Waals surface area contributed by atoms with Crippen molar-refractivity contribution in [3.05, 3.63) is 48.7 Å². The van der Waals surface area contributed by atoms with Crippen LogP contribution in [-0.4, -0.2) is 69.3 Å². The molecule has 0 bridgehead atoms. The molecule has 35 heavy (non-hydrogen) atoms. The number of carboxylic acids is 2. The van der Waals surface area contributed by atoms with Crippen LogP contribution in [0, 0.1) is 5.92 Å². The lowest BCUT2D eigenvalue weighted by molar-refractivity contribution is -0.193. The number of furan rings is 1. The number of ether oxygens (including phenoxy) is 1. The van der Waals surface area contributed by atoms with Crippen molar-refractivity contribution in [2.24, 2.45) is 5.92 Å². The largest absolute Gasteiger partial charge is 0.490 e. The van der Waals surface area contributed by atoms with Gasteiger partial charge in [-0.3, -0.25) is 4.90 Å². The quantitative estimate of drug-likeness (QED) is 0.594. The molecule has 2 N–H and O–H groups in total. The topological polar surface area (TPSA) is 105 Å². The molecule has 1 aliphatic carbocycles. The molecular formula is C21H24F6N2O6. The van der Waals surface area contributed by atoms with Crippen molar-refractivity contribution in [2.75, 3.05) is 13.2 Å². The average Bonchev–Trinajstić information content (AvgIpc) is 3.51. The predicted octanol–water partition coefficient (Wildman–Crippen LogP) is 4.03. The second-order valence-electron chi connectivity index (χ2n) is 7.83. The number of carbonyl (C=O) groups is 2. The Kier molecular flexibility index (Phi) is 9.77. The van der Waals surface area contributed by atoms with E-state index in [4.69, 9.17) is 29.0 Å². The number of rotatable bonds is 4. The predicted molar refractivity (Wildman–Crippen MR) is 107 cm³/mol. The van der Waals surface area contributed by atoms with Gasteiger partial charge >= 0.3 is 24.3 Å². The molecule has 2 aliphatic rings. The van der Waals surface area contributed by atoms with Crippen LogP contribution in [0.5, 0.6) is 0 Å². The van der Waals surface area contributed by atoms with Crippen LogP contribution in [-0.2, 0) is 27.4 Å². The van der Waals surface area contributed by atoms with E-state index in [9.17, 15) is 26.3 Å². The molecule has 0 amide bonds. The highest BCUT2D eigenvalue weighted by Gasteiger charge is 2.42. The third-order valence-corrected chi connectivity index (χ3v) is 5.40. The molecule has 4 rings (SSSR count). The SMILES string of the molecule is O=C(O)C(F)(F)F.O=C(O)C(F)(F)F.c1ccn(CC2CCC3C2OCCN3Cc2ccoc2)c1. The number of aromatic nitrogens is 1. The summed E-state index contributed by atoms with van der Waals surface area (Å²) < 4.78 is 77.1. The van der Waals surface area contributed by atoms with E-state index in [0.717, 1.165) is 26.2 Å². The monoisotopic (exact) mass is 514 g/mol. The molecule has 1 saturated heterocycles. The third-order valence-electron chi connectivity index (χ3n) is 5.40. The van der Waals surface area contributed by atoms with Gasteiger partial charge in [-0.2, -0.15) is 26.3 Å². The van der Waals surface area contributed by atoms with E-state index in [2.05, 4.69) is 40.1 Å². The first kappa shape index (κ1) is 28.2. The van der Waals surface area contributed by atoms with E-state index >= 15 is 0 Å². The number of carboxylic acid groups (broad SMARTS) is 2. The summed E-state index contributed by atoms with van der Waals surface area (Å²) in [7, 11) is 0. The fourth-order valence-electron chi connectivity index (χ4n) is 3.91. The minimum absolute atomic E-state index is 0.382. The lowest BCUT2D eigenvalue weighted by Crippen LogP contribution is -2.50. The first-order chi connectivity index (χ1) is 16.3. The van der Waals surface area contributed by atoms with E-state index in [-0.39, 0.29) is 0 Å². The van der Waals surface area contributed by atoms with Crippen molar-refractivity contribution in [3.63, 3.8) is 0 Å². The number of nitrogens with zero attached hydrogens (tertiary/aromatic N) is 2. The van der Waals surface area contributed by atoms with Crippen molar-refractivity contribution in [1.82, 2.24) is 9.47 Å². The molecule has 196 valence electrons. The first-order valence-electron chi connectivity index (χ1n) is 10.4. The molecule has 8 nitrogen and oxygen atoms in total. The standard InChI is InChI=1S/C17H22N2O2.2C2HF3O2/c1-2-7-18(6-1)12-15-3-4-16-17(15)21-10-8-19(16)11-14-5-9-20-13-14;2*3-2(4,5)1(6)7/h1-2,5-7,9,13,15-17H,3-4,8,10-12H2;2*(H,6,7). The van der Waals surface area contributed by atoms with Crippen LogP contribution in [0.15, 0.2) is 47.5 Å². The van der Waals surface area contributed by atoms with Gasteiger partial charge in [0.2, 0.25) is 0 Å². The summed E-state index contributed by atoms with van der Waals surface area (Å²) in [5.74, 6) is -4.88. The Bertz CT molecular complexity index is 890. The Morgan fingerprint density at radius 2 is 1.57 bits per heavy atom. The van der Waals surface area contributed by atoms with Crippen molar-refractivity contribution in [3.8, 4) is 0 Å². The second kappa shape index (κ2) is 12.1. The number of hydrogen-bond acceptors (Lipinski definition) is 5. The molecule has 1 saturated carbocycles. The third kappa shape index (κ3) is 8.94. The van der Waals surface area contributed by atoms with Gasteiger partial charge in [0.15, 0.2) is 0 Å². The van der Waals surface area contributed by atoms with E-state index in [1.165, 1.54) is 18.4 Å². The Morgan fingerprint density at radius 1 is 1.00 bits per heavy atom. The van der Waals surface area contributed by atoms with Crippen molar-refractivity contribution < 1.29 is 55.3 Å². The summed E-state index contributed by atoms with van der Waals surface area (Å²) in [6, 6.07) is 6.82. The van der Waals surface area contributed by atoms with E-state index < -0.39 is 24.3 Å². The normalized spacial score (nSPS) is 22.3. The molecule has 0 spiro atoms. The van der Waals surface area contributed by atoms with Gasteiger partial charge in [-0.15, -0.1) is 0 Å². The van der Waals surface area contributed by atoms with Gasteiger partial charge in [-0.1, -0.05) is 0 Å². The summed E-state index contributed by atoms with van der Waals surface area (Å²) in [6.45, 7) is 3.94. The minimum atomic E-state index is -5.08. The molecule has 1 aliphatic heterocycles. The maximum absolute atomic E-state index is 10.6. The van der Waals surface area contributed by atoms with Crippen molar-refractivity contribution in [2.45, 2.75) is 50.4 Å². The number of alkyl halides is 6. The molecule has 2 aromatic rings. The molecule has 0 aromatic carbocycles. The number of fused-ring (bicyclic) bond motifs is 1. The zero-order valence-corrected chi connectivity index (χ0v) is 18.2. The van der Waals surface area contributed by atoms with Crippen LogP contribution in [0.4, 0.5) is 26.3 Å². The molecular weight excluding hydrogens is 490 g/mol. The fraction of sp³-hybridized carbons (Fsp3) is 0.524. The highest BCUT2D eigenvalue weighted by molar-refractivity contribution is 5.73. The van der Waals surface area contributed by atoms with Gasteiger partial charge in [0.25, 0.3) is 0 Å². The average molecular weight is 514 g/mol. The molecule has 3 unspecified atom stereocenters. The first-order valence-corrected chi connectivity index (χ1v) is 10.4. The van der Waals surface area contributed by atoms with Crippen LogP contribution >= 0.6 is 0 Å². The summed E-state index contributed by atoms with van der Waals surface area (Å²) in [5, 5.41) is 14.2. The van der Waals surface area contributed by atoms with E-state index in [1.807, 2.05) is 6.26 Å².